The molecular weight excluding hydrogens is 716 g/mol. The molecule has 43 heavy (non-hydrogen) atoms. The first-order valence-corrected chi connectivity index (χ1v) is 13.9. The molecule has 4 heterocycles. The molecule has 0 saturated carbocycles. The zero-order chi connectivity index (χ0) is 28.6. The number of aromatic nitrogens is 6. The Morgan fingerprint density at radius 2 is 1.47 bits per heavy atom. The summed E-state index contributed by atoms with van der Waals surface area (Å²) >= 11 is 0. The van der Waals surface area contributed by atoms with Gasteiger partial charge in [0.2, 0.25) is 0 Å². The van der Waals surface area contributed by atoms with Gasteiger partial charge in [-0.1, -0.05) is 67.6 Å². The van der Waals surface area contributed by atoms with Crippen molar-refractivity contribution in [2.24, 2.45) is 0 Å². The molecule has 0 N–H and O–H groups in total. The number of hydrogen-bond donors (Lipinski definition) is 0. The molecule has 0 atom stereocenters. The van der Waals surface area contributed by atoms with Gasteiger partial charge in [0.15, 0.2) is 5.65 Å². The van der Waals surface area contributed by atoms with Crippen LogP contribution in [0.25, 0.3) is 54.9 Å². The fraction of sp³-hybridized carbons (Fsp3) is 0.143. The topological polar surface area (TPSA) is 70.1 Å². The molecule has 0 amide bonds. The molecule has 0 aliphatic carbocycles. The van der Waals surface area contributed by atoms with Crippen LogP contribution in [0.4, 0.5) is 0 Å². The van der Waals surface area contributed by atoms with E-state index in [-0.39, 0.29) is 26.5 Å². The van der Waals surface area contributed by atoms with Gasteiger partial charge in [-0.15, -0.1) is 40.1 Å². The average Bonchev–Trinajstić information content (AvgIpc) is 3.60. The zero-order valence-corrected chi connectivity index (χ0v) is 26.3. The van der Waals surface area contributed by atoms with Gasteiger partial charge in [0.25, 0.3) is 0 Å². The number of pyridine rings is 2. The number of hydrogen-bond acceptors (Lipinski definition) is 5. The van der Waals surface area contributed by atoms with Crippen molar-refractivity contribution in [3.05, 3.63) is 108 Å². The van der Waals surface area contributed by atoms with Gasteiger partial charge in [-0.2, -0.15) is 12.1 Å². The van der Waals surface area contributed by atoms with Crippen molar-refractivity contribution < 1.29 is 25.8 Å². The Hall–Kier alpha value is -4.61. The number of fused-ring (bicyclic) bond motifs is 9. The van der Waals surface area contributed by atoms with Crippen LogP contribution in [0.2, 0.25) is 0 Å². The number of para-hydroxylation sites is 1. The van der Waals surface area contributed by atoms with Crippen molar-refractivity contribution in [1.82, 2.24) is 29.6 Å². The van der Waals surface area contributed by atoms with Gasteiger partial charge in [0.05, 0.1) is 0 Å². The molecule has 0 aliphatic rings. The quantitative estimate of drug-likeness (QED) is 0.136. The summed E-state index contributed by atoms with van der Waals surface area (Å²) in [5.74, 6) is 1.98. The number of ether oxygens (including phenoxy) is 1. The number of tetrazole rings is 1. The van der Waals surface area contributed by atoms with E-state index in [2.05, 4.69) is 121 Å². The SMILES string of the molecule is Cc1ccc2c3ccc(Oc4[c-]c5c(cc4)c4ccccc4n5-c4cc(C(C)(C)C)ccn4)[c-]c3n3nnnc3c2c1.[Pt+2]. The molecule has 4 aromatic carbocycles. The molecule has 0 bridgehead atoms. The first-order valence-electron chi connectivity index (χ1n) is 13.9. The maximum Gasteiger partial charge on any atom is 2.00 e. The molecule has 0 spiro atoms. The third-order valence-electron chi connectivity index (χ3n) is 7.90. The van der Waals surface area contributed by atoms with Gasteiger partial charge in [-0.3, -0.25) is 0 Å². The standard InChI is InChI=1S/C35H26N6O.Pt/c1-21-9-12-25-27-13-10-24(20-32(27)41-34(29(25)17-21)37-38-39-41)42-23-11-14-28-26-7-5-6-8-30(26)40(31(28)19-23)33-18-22(15-16-36-33)35(2,3)4;/h5-18H,1-4H3;/q-2;+2. The number of aryl methyl sites for hydroxylation is 1. The molecule has 4 aromatic heterocycles. The Labute approximate surface area is 262 Å². The summed E-state index contributed by atoms with van der Waals surface area (Å²) in [5.41, 5.74) is 5.78. The second-order valence-electron chi connectivity index (χ2n) is 11.7. The number of nitrogens with zero attached hydrogens (tertiary/aromatic N) is 6. The summed E-state index contributed by atoms with van der Waals surface area (Å²) in [6.45, 7) is 8.70. The number of benzene rings is 4. The van der Waals surface area contributed by atoms with Crippen molar-refractivity contribution in [1.29, 1.82) is 0 Å². The van der Waals surface area contributed by atoms with Gasteiger partial charge in [0, 0.05) is 28.6 Å². The smallest absolute Gasteiger partial charge is 0.509 e. The van der Waals surface area contributed by atoms with Crippen LogP contribution in [0, 0.1) is 19.1 Å². The molecular formula is C35H26N6OPt. The van der Waals surface area contributed by atoms with Crippen LogP contribution in [0.5, 0.6) is 11.5 Å². The third kappa shape index (κ3) is 4.38. The van der Waals surface area contributed by atoms with Crippen molar-refractivity contribution in [2.75, 3.05) is 0 Å². The van der Waals surface area contributed by atoms with Crippen LogP contribution in [-0.4, -0.2) is 29.6 Å². The van der Waals surface area contributed by atoms with Crippen LogP contribution in [0.1, 0.15) is 31.9 Å². The molecule has 8 heteroatoms. The Morgan fingerprint density at radius 3 is 2.26 bits per heavy atom. The predicted octanol–water partition coefficient (Wildman–Crippen LogP) is 7.92. The van der Waals surface area contributed by atoms with Crippen LogP contribution < -0.4 is 4.74 Å². The van der Waals surface area contributed by atoms with Gasteiger partial charge in [0.1, 0.15) is 5.82 Å². The van der Waals surface area contributed by atoms with Crippen molar-refractivity contribution in [2.45, 2.75) is 33.1 Å². The van der Waals surface area contributed by atoms with Crippen molar-refractivity contribution >= 4 is 49.1 Å². The number of rotatable bonds is 3. The van der Waals surface area contributed by atoms with E-state index in [0.29, 0.717) is 17.1 Å². The average molecular weight is 742 g/mol. The van der Waals surface area contributed by atoms with E-state index in [1.54, 1.807) is 4.52 Å². The first kappa shape index (κ1) is 27.2. The van der Waals surface area contributed by atoms with Crippen LogP contribution in [0.15, 0.2) is 85.1 Å². The van der Waals surface area contributed by atoms with E-state index in [1.165, 1.54) is 5.56 Å². The monoisotopic (exact) mass is 741 g/mol. The molecule has 8 rings (SSSR count). The van der Waals surface area contributed by atoms with E-state index in [4.69, 9.17) is 9.72 Å². The Morgan fingerprint density at radius 1 is 0.744 bits per heavy atom. The van der Waals surface area contributed by atoms with Gasteiger partial charge >= 0.3 is 21.1 Å². The van der Waals surface area contributed by atoms with E-state index >= 15 is 0 Å². The van der Waals surface area contributed by atoms with Crippen molar-refractivity contribution in [3.8, 4) is 17.3 Å². The normalized spacial score (nSPS) is 12.0. The molecule has 0 aliphatic heterocycles. The summed E-state index contributed by atoms with van der Waals surface area (Å²) in [6, 6.07) is 33.9. The summed E-state index contributed by atoms with van der Waals surface area (Å²) in [4.78, 5) is 4.77. The minimum absolute atomic E-state index is 0. The second kappa shape index (κ2) is 9.99. The molecule has 0 radical (unpaired) electrons. The van der Waals surface area contributed by atoms with Gasteiger partial charge in [-0.25, -0.2) is 9.50 Å². The largest absolute Gasteiger partial charge is 2.00 e. The van der Waals surface area contributed by atoms with Crippen LogP contribution in [0.3, 0.4) is 0 Å². The van der Waals surface area contributed by atoms with Crippen LogP contribution in [-0.2, 0) is 26.5 Å². The zero-order valence-electron chi connectivity index (χ0n) is 24.0. The summed E-state index contributed by atoms with van der Waals surface area (Å²) < 4.78 is 10.3. The van der Waals surface area contributed by atoms with Gasteiger partial charge in [-0.05, 0) is 63.5 Å². The minimum Gasteiger partial charge on any atom is -0.509 e. The Bertz CT molecular complexity index is 2350. The minimum atomic E-state index is -0.00442. The summed E-state index contributed by atoms with van der Waals surface area (Å²) in [5, 5.41) is 17.8. The van der Waals surface area contributed by atoms with E-state index < -0.39 is 0 Å². The maximum absolute atomic E-state index is 6.39. The Kier molecular flexibility index (Phi) is 6.33. The van der Waals surface area contributed by atoms with Gasteiger partial charge < -0.3 is 9.30 Å². The van der Waals surface area contributed by atoms with E-state index in [0.717, 1.165) is 54.9 Å². The fourth-order valence-corrected chi connectivity index (χ4v) is 5.79. The summed E-state index contributed by atoms with van der Waals surface area (Å²) in [6.07, 6.45) is 1.88. The second-order valence-corrected chi connectivity index (χ2v) is 11.7. The van der Waals surface area contributed by atoms with Crippen molar-refractivity contribution in [3.63, 3.8) is 0 Å². The molecule has 7 nitrogen and oxygen atoms in total. The first-order chi connectivity index (χ1) is 20.3. The molecule has 212 valence electrons. The molecule has 0 unspecified atom stereocenters. The Balaban J connectivity index is 0.00000300. The predicted molar refractivity (Wildman–Crippen MR) is 166 cm³/mol. The van der Waals surface area contributed by atoms with E-state index in [9.17, 15) is 0 Å². The maximum atomic E-state index is 6.39. The summed E-state index contributed by atoms with van der Waals surface area (Å²) in [7, 11) is 0. The fourth-order valence-electron chi connectivity index (χ4n) is 5.79. The third-order valence-corrected chi connectivity index (χ3v) is 7.90. The van der Waals surface area contributed by atoms with Crippen LogP contribution >= 0.6 is 0 Å². The van der Waals surface area contributed by atoms with E-state index in [1.807, 2.05) is 24.4 Å². The molecule has 8 aromatic rings. The molecule has 0 saturated heterocycles. The molecule has 0 fully saturated rings.